The zero-order valence-corrected chi connectivity index (χ0v) is 15.9. The number of aliphatic hydroxyl groups excluding tert-OH is 1. The van der Waals surface area contributed by atoms with Crippen molar-refractivity contribution in [2.24, 2.45) is 10.4 Å². The summed E-state index contributed by atoms with van der Waals surface area (Å²) in [6.45, 7) is 3.78. The standard InChI is InChI=1S/C20H29N5O2/c1-21-19(23-15-20(7-11-26)8-12-27-16-20)22-13-17-5-2-3-6-18(17)14-25-10-4-9-24-25/h2-6,9-10,26H,7-8,11-16H2,1H3,(H2,21,22,23). The summed E-state index contributed by atoms with van der Waals surface area (Å²) in [5.41, 5.74) is 2.43. The van der Waals surface area contributed by atoms with Gasteiger partial charge in [-0.2, -0.15) is 5.10 Å². The molecular formula is C20H29N5O2. The highest BCUT2D eigenvalue weighted by atomic mass is 16.5. The van der Waals surface area contributed by atoms with Crippen LogP contribution in [0, 0.1) is 5.41 Å². The first-order valence-electron chi connectivity index (χ1n) is 9.42. The van der Waals surface area contributed by atoms with E-state index in [1.807, 2.05) is 29.1 Å². The summed E-state index contributed by atoms with van der Waals surface area (Å²) < 4.78 is 7.48. The molecule has 1 saturated heterocycles. The maximum Gasteiger partial charge on any atom is 0.191 e. The molecule has 7 nitrogen and oxygen atoms in total. The molecule has 0 amide bonds. The van der Waals surface area contributed by atoms with E-state index in [1.54, 1.807) is 13.2 Å². The monoisotopic (exact) mass is 371 g/mol. The van der Waals surface area contributed by atoms with E-state index < -0.39 is 0 Å². The first kappa shape index (κ1) is 19.4. The average Bonchev–Trinajstić information content (AvgIpc) is 3.36. The Hall–Kier alpha value is -2.38. The Kier molecular flexibility index (Phi) is 6.84. The molecule has 1 aromatic carbocycles. The highest BCUT2D eigenvalue weighted by Gasteiger charge is 2.34. The van der Waals surface area contributed by atoms with E-state index in [4.69, 9.17) is 4.74 Å². The Balaban J connectivity index is 1.57. The Labute approximate surface area is 160 Å². The number of aromatic nitrogens is 2. The molecule has 0 spiro atoms. The Morgan fingerprint density at radius 2 is 2.15 bits per heavy atom. The lowest BCUT2D eigenvalue weighted by atomic mass is 9.84. The van der Waals surface area contributed by atoms with Crippen molar-refractivity contribution in [1.82, 2.24) is 20.4 Å². The van der Waals surface area contributed by atoms with Crippen LogP contribution in [-0.2, 0) is 17.8 Å². The highest BCUT2D eigenvalue weighted by molar-refractivity contribution is 5.79. The first-order chi connectivity index (χ1) is 13.2. The molecule has 1 atom stereocenters. The molecule has 1 aliphatic heterocycles. The number of guanidine groups is 1. The minimum atomic E-state index is -0.00955. The third kappa shape index (κ3) is 5.30. The summed E-state index contributed by atoms with van der Waals surface area (Å²) in [4.78, 5) is 4.33. The van der Waals surface area contributed by atoms with Crippen molar-refractivity contribution in [3.63, 3.8) is 0 Å². The van der Waals surface area contributed by atoms with Crippen molar-refractivity contribution in [2.75, 3.05) is 33.4 Å². The van der Waals surface area contributed by atoms with E-state index >= 15 is 0 Å². The molecule has 3 N–H and O–H groups in total. The van der Waals surface area contributed by atoms with Gasteiger partial charge in [-0.15, -0.1) is 0 Å². The van der Waals surface area contributed by atoms with Gasteiger partial charge in [0.25, 0.3) is 0 Å². The van der Waals surface area contributed by atoms with Crippen LogP contribution in [0.3, 0.4) is 0 Å². The van der Waals surface area contributed by atoms with Gasteiger partial charge in [-0.25, -0.2) is 0 Å². The van der Waals surface area contributed by atoms with Crippen LogP contribution in [0.2, 0.25) is 0 Å². The molecule has 146 valence electrons. The van der Waals surface area contributed by atoms with Gasteiger partial charge in [-0.3, -0.25) is 9.67 Å². The van der Waals surface area contributed by atoms with Gasteiger partial charge in [0.1, 0.15) is 0 Å². The van der Waals surface area contributed by atoms with Crippen LogP contribution in [0.1, 0.15) is 24.0 Å². The maximum atomic E-state index is 9.37. The maximum absolute atomic E-state index is 9.37. The number of ether oxygens (including phenoxy) is 1. The van der Waals surface area contributed by atoms with Gasteiger partial charge in [0.15, 0.2) is 5.96 Å². The largest absolute Gasteiger partial charge is 0.396 e. The number of rotatable bonds is 8. The number of nitrogens with one attached hydrogen (secondary N) is 2. The van der Waals surface area contributed by atoms with E-state index in [0.717, 1.165) is 38.5 Å². The molecule has 1 aliphatic rings. The topological polar surface area (TPSA) is 83.7 Å². The van der Waals surface area contributed by atoms with Gasteiger partial charge < -0.3 is 20.5 Å². The van der Waals surface area contributed by atoms with E-state index in [9.17, 15) is 5.11 Å². The van der Waals surface area contributed by atoms with E-state index in [1.165, 1.54) is 11.1 Å². The van der Waals surface area contributed by atoms with Crippen LogP contribution >= 0.6 is 0 Å². The van der Waals surface area contributed by atoms with Gasteiger partial charge >= 0.3 is 0 Å². The van der Waals surface area contributed by atoms with Gasteiger partial charge in [0.05, 0.1) is 13.2 Å². The van der Waals surface area contributed by atoms with Crippen LogP contribution in [0.25, 0.3) is 0 Å². The number of hydrogen-bond acceptors (Lipinski definition) is 4. The fraction of sp³-hybridized carbons (Fsp3) is 0.500. The second-order valence-corrected chi connectivity index (χ2v) is 7.03. The quantitative estimate of drug-likeness (QED) is 0.482. The second-order valence-electron chi connectivity index (χ2n) is 7.03. The van der Waals surface area contributed by atoms with E-state index in [-0.39, 0.29) is 12.0 Å². The van der Waals surface area contributed by atoms with Crippen molar-refractivity contribution in [1.29, 1.82) is 0 Å². The summed E-state index contributed by atoms with van der Waals surface area (Å²) in [5.74, 6) is 0.758. The van der Waals surface area contributed by atoms with Crippen LogP contribution in [0.15, 0.2) is 47.7 Å². The number of nitrogens with zero attached hydrogens (tertiary/aromatic N) is 3. The lowest BCUT2D eigenvalue weighted by Gasteiger charge is -2.27. The van der Waals surface area contributed by atoms with Crippen molar-refractivity contribution >= 4 is 5.96 Å². The minimum absolute atomic E-state index is 0.00955. The van der Waals surface area contributed by atoms with Gasteiger partial charge in [-0.05, 0) is 30.0 Å². The molecular weight excluding hydrogens is 342 g/mol. The van der Waals surface area contributed by atoms with Crippen LogP contribution in [0.5, 0.6) is 0 Å². The summed E-state index contributed by atoms with van der Waals surface area (Å²) >= 11 is 0. The van der Waals surface area contributed by atoms with Crippen molar-refractivity contribution in [3.05, 3.63) is 53.9 Å². The Bertz CT molecular complexity index is 724. The van der Waals surface area contributed by atoms with Crippen molar-refractivity contribution < 1.29 is 9.84 Å². The Morgan fingerprint density at radius 1 is 1.30 bits per heavy atom. The van der Waals surface area contributed by atoms with Crippen LogP contribution < -0.4 is 10.6 Å². The Morgan fingerprint density at radius 3 is 2.81 bits per heavy atom. The molecule has 0 saturated carbocycles. The van der Waals surface area contributed by atoms with Crippen molar-refractivity contribution in [3.8, 4) is 0 Å². The third-order valence-corrected chi connectivity index (χ3v) is 5.14. The number of aliphatic hydroxyl groups is 1. The van der Waals surface area contributed by atoms with Gasteiger partial charge in [-0.1, -0.05) is 24.3 Å². The molecule has 1 fully saturated rings. The first-order valence-corrected chi connectivity index (χ1v) is 9.42. The molecule has 1 aromatic heterocycles. The lowest BCUT2D eigenvalue weighted by molar-refractivity contribution is 0.127. The highest BCUT2D eigenvalue weighted by Crippen LogP contribution is 2.31. The molecule has 27 heavy (non-hydrogen) atoms. The molecule has 2 heterocycles. The fourth-order valence-corrected chi connectivity index (χ4v) is 3.44. The predicted molar refractivity (Wildman–Crippen MR) is 106 cm³/mol. The summed E-state index contributed by atoms with van der Waals surface area (Å²) in [7, 11) is 1.77. The van der Waals surface area contributed by atoms with Gasteiger partial charge in [0, 0.05) is 51.2 Å². The number of hydrogen-bond donors (Lipinski definition) is 3. The zero-order valence-electron chi connectivity index (χ0n) is 15.9. The smallest absolute Gasteiger partial charge is 0.191 e. The van der Waals surface area contributed by atoms with Gasteiger partial charge in [0.2, 0.25) is 0 Å². The normalized spacial score (nSPS) is 20.0. The fourth-order valence-electron chi connectivity index (χ4n) is 3.44. The third-order valence-electron chi connectivity index (χ3n) is 5.14. The summed E-state index contributed by atoms with van der Waals surface area (Å²) in [6, 6.07) is 10.3. The molecule has 7 heteroatoms. The zero-order chi connectivity index (χ0) is 19.0. The number of aliphatic imine (C=N–C) groups is 1. The molecule has 3 rings (SSSR count). The molecule has 0 aliphatic carbocycles. The average molecular weight is 371 g/mol. The SMILES string of the molecule is CN=C(NCc1ccccc1Cn1cccn1)NCC1(CCO)CCOC1. The molecule has 2 aromatic rings. The van der Waals surface area contributed by atoms with E-state index in [2.05, 4.69) is 32.9 Å². The van der Waals surface area contributed by atoms with Crippen LogP contribution in [-0.4, -0.2) is 54.3 Å². The lowest BCUT2D eigenvalue weighted by Crippen LogP contribution is -2.44. The van der Waals surface area contributed by atoms with Crippen LogP contribution in [0.4, 0.5) is 0 Å². The minimum Gasteiger partial charge on any atom is -0.396 e. The molecule has 0 radical (unpaired) electrons. The molecule has 0 bridgehead atoms. The molecule has 1 unspecified atom stereocenters. The summed E-state index contributed by atoms with van der Waals surface area (Å²) in [5, 5.41) is 20.5. The van der Waals surface area contributed by atoms with E-state index in [0.29, 0.717) is 13.2 Å². The predicted octanol–water partition coefficient (Wildman–Crippen LogP) is 1.39. The number of benzene rings is 1. The second kappa shape index (κ2) is 9.53. The van der Waals surface area contributed by atoms with Crippen molar-refractivity contribution in [2.45, 2.75) is 25.9 Å². The summed E-state index contributed by atoms with van der Waals surface area (Å²) in [6.07, 6.45) is 5.46.